The quantitative estimate of drug-likeness (QED) is 0.806. The maximum atomic E-state index is 12.3. The monoisotopic (exact) mass is 311 g/mol. The SMILES string of the molecule is CCCS(=O)(=O)N1CCCC1c1ccc(CN(C)C)cn1. The summed E-state index contributed by atoms with van der Waals surface area (Å²) in [5.41, 5.74) is 2.01. The second-order valence-corrected chi connectivity index (χ2v) is 7.95. The standard InChI is InChI=1S/C15H25N3O2S/c1-4-10-21(19,20)18-9-5-6-15(18)14-8-7-13(11-16-14)12-17(2)3/h7-8,11,15H,4-6,9-10,12H2,1-3H3. The minimum absolute atomic E-state index is 0.0880. The predicted molar refractivity (Wildman–Crippen MR) is 84.4 cm³/mol. The highest BCUT2D eigenvalue weighted by Crippen LogP contribution is 2.33. The van der Waals surface area contributed by atoms with Gasteiger partial charge in [-0.2, -0.15) is 4.31 Å². The first-order valence-corrected chi connectivity index (χ1v) is 9.14. The van der Waals surface area contributed by atoms with Crippen molar-refractivity contribution < 1.29 is 8.42 Å². The Balaban J connectivity index is 2.16. The molecule has 0 radical (unpaired) electrons. The van der Waals surface area contributed by atoms with Crippen molar-refractivity contribution in [3.05, 3.63) is 29.6 Å². The van der Waals surface area contributed by atoms with Gasteiger partial charge in [-0.15, -0.1) is 0 Å². The van der Waals surface area contributed by atoms with Crippen LogP contribution < -0.4 is 0 Å². The summed E-state index contributed by atoms with van der Waals surface area (Å²) >= 11 is 0. The van der Waals surface area contributed by atoms with Gasteiger partial charge in [0.25, 0.3) is 0 Å². The molecule has 0 aliphatic carbocycles. The van der Waals surface area contributed by atoms with Crippen LogP contribution in [0.3, 0.4) is 0 Å². The molecule has 0 N–H and O–H groups in total. The van der Waals surface area contributed by atoms with E-state index in [1.165, 1.54) is 0 Å². The second-order valence-electron chi connectivity index (χ2n) is 5.91. The molecule has 1 aliphatic rings. The van der Waals surface area contributed by atoms with E-state index in [4.69, 9.17) is 0 Å². The molecule has 0 amide bonds. The van der Waals surface area contributed by atoms with Gasteiger partial charge in [0.2, 0.25) is 10.0 Å². The van der Waals surface area contributed by atoms with Crippen molar-refractivity contribution in [1.82, 2.24) is 14.2 Å². The summed E-state index contributed by atoms with van der Waals surface area (Å²) in [7, 11) is 0.884. The van der Waals surface area contributed by atoms with Crippen LogP contribution in [0.15, 0.2) is 18.3 Å². The normalized spacial score (nSPS) is 20.3. The van der Waals surface area contributed by atoms with Crippen molar-refractivity contribution in [2.75, 3.05) is 26.4 Å². The minimum Gasteiger partial charge on any atom is -0.305 e. The molecule has 1 atom stereocenters. The van der Waals surface area contributed by atoms with Gasteiger partial charge < -0.3 is 4.90 Å². The number of rotatable bonds is 6. The predicted octanol–water partition coefficient (Wildman–Crippen LogP) is 2.02. The van der Waals surface area contributed by atoms with Crippen LogP contribution in [0.2, 0.25) is 0 Å². The fourth-order valence-corrected chi connectivity index (χ4v) is 4.59. The van der Waals surface area contributed by atoms with Gasteiger partial charge in [0.05, 0.1) is 17.5 Å². The molecule has 2 rings (SSSR count). The highest BCUT2D eigenvalue weighted by atomic mass is 32.2. The molecular formula is C15H25N3O2S. The Labute approximate surface area is 128 Å². The molecule has 5 nitrogen and oxygen atoms in total. The second kappa shape index (κ2) is 6.85. The van der Waals surface area contributed by atoms with Crippen molar-refractivity contribution in [3.8, 4) is 0 Å². The molecule has 1 aromatic rings. The molecule has 6 heteroatoms. The Hall–Kier alpha value is -0.980. The summed E-state index contributed by atoms with van der Waals surface area (Å²) in [5.74, 6) is 0.224. The zero-order valence-electron chi connectivity index (χ0n) is 13.1. The molecule has 1 fully saturated rings. The summed E-state index contributed by atoms with van der Waals surface area (Å²) < 4.78 is 26.3. The van der Waals surface area contributed by atoms with E-state index < -0.39 is 10.0 Å². The van der Waals surface area contributed by atoms with Crippen LogP contribution in [0, 0.1) is 0 Å². The molecule has 0 spiro atoms. The topological polar surface area (TPSA) is 53.5 Å². The first-order chi connectivity index (χ1) is 9.94. The van der Waals surface area contributed by atoms with Gasteiger partial charge in [-0.3, -0.25) is 4.98 Å². The molecule has 1 unspecified atom stereocenters. The number of pyridine rings is 1. The smallest absolute Gasteiger partial charge is 0.214 e. The Morgan fingerprint density at radius 2 is 2.14 bits per heavy atom. The summed E-state index contributed by atoms with van der Waals surface area (Å²) in [5, 5.41) is 0. The maximum absolute atomic E-state index is 12.3. The lowest BCUT2D eigenvalue weighted by atomic mass is 10.1. The highest BCUT2D eigenvalue weighted by molar-refractivity contribution is 7.89. The van der Waals surface area contributed by atoms with Gasteiger partial charge in [-0.05, 0) is 45.0 Å². The Morgan fingerprint density at radius 1 is 1.38 bits per heavy atom. The third-order valence-corrected chi connectivity index (χ3v) is 5.79. The average Bonchev–Trinajstić information content (AvgIpc) is 2.89. The average molecular weight is 311 g/mol. The number of hydrogen-bond donors (Lipinski definition) is 0. The van der Waals surface area contributed by atoms with Crippen LogP contribution in [-0.4, -0.2) is 49.0 Å². The van der Waals surface area contributed by atoms with Crippen molar-refractivity contribution in [2.45, 2.75) is 38.8 Å². The Kier molecular flexibility index (Phi) is 5.35. The molecule has 0 bridgehead atoms. The number of sulfonamides is 1. The fourth-order valence-electron chi connectivity index (χ4n) is 2.84. The summed E-state index contributed by atoms with van der Waals surface area (Å²) in [6.45, 7) is 3.36. The Morgan fingerprint density at radius 3 is 2.71 bits per heavy atom. The zero-order valence-corrected chi connectivity index (χ0v) is 13.9. The van der Waals surface area contributed by atoms with E-state index in [-0.39, 0.29) is 11.8 Å². The minimum atomic E-state index is -3.15. The van der Waals surface area contributed by atoms with Crippen LogP contribution in [0.4, 0.5) is 0 Å². The van der Waals surface area contributed by atoms with E-state index >= 15 is 0 Å². The maximum Gasteiger partial charge on any atom is 0.214 e. The van der Waals surface area contributed by atoms with Crippen LogP contribution >= 0.6 is 0 Å². The lowest BCUT2D eigenvalue weighted by molar-refractivity contribution is 0.388. The van der Waals surface area contributed by atoms with E-state index in [1.807, 2.05) is 39.3 Å². The van der Waals surface area contributed by atoms with Gasteiger partial charge >= 0.3 is 0 Å². The molecule has 1 aromatic heterocycles. The van der Waals surface area contributed by atoms with Crippen LogP contribution in [0.5, 0.6) is 0 Å². The van der Waals surface area contributed by atoms with E-state index in [0.29, 0.717) is 13.0 Å². The zero-order chi connectivity index (χ0) is 15.5. The third-order valence-electron chi connectivity index (χ3n) is 3.71. The Bertz CT molecular complexity index is 555. The number of hydrogen-bond acceptors (Lipinski definition) is 4. The van der Waals surface area contributed by atoms with Gasteiger partial charge in [-0.25, -0.2) is 8.42 Å². The first kappa shape index (κ1) is 16.4. The van der Waals surface area contributed by atoms with Gasteiger partial charge in [0.15, 0.2) is 0 Å². The first-order valence-electron chi connectivity index (χ1n) is 7.53. The van der Waals surface area contributed by atoms with Gasteiger partial charge in [-0.1, -0.05) is 13.0 Å². The van der Waals surface area contributed by atoms with Gasteiger partial charge in [0, 0.05) is 19.3 Å². The molecule has 0 aromatic carbocycles. The summed E-state index contributed by atoms with van der Waals surface area (Å²) in [4.78, 5) is 6.59. The molecular weight excluding hydrogens is 286 g/mol. The summed E-state index contributed by atoms with van der Waals surface area (Å²) in [6, 6.07) is 3.93. The van der Waals surface area contributed by atoms with E-state index in [1.54, 1.807) is 4.31 Å². The number of aromatic nitrogens is 1. The summed E-state index contributed by atoms with van der Waals surface area (Å²) in [6.07, 6.45) is 4.29. The molecule has 0 saturated carbocycles. The molecule has 1 aliphatic heterocycles. The molecule has 1 saturated heterocycles. The van der Waals surface area contributed by atoms with Crippen molar-refractivity contribution in [3.63, 3.8) is 0 Å². The number of nitrogens with zero attached hydrogens (tertiary/aromatic N) is 3. The third kappa shape index (κ3) is 4.02. The van der Waals surface area contributed by atoms with E-state index in [0.717, 1.165) is 30.6 Å². The largest absolute Gasteiger partial charge is 0.305 e. The van der Waals surface area contributed by atoms with E-state index in [2.05, 4.69) is 9.88 Å². The van der Waals surface area contributed by atoms with Gasteiger partial charge in [0.1, 0.15) is 0 Å². The van der Waals surface area contributed by atoms with Crippen molar-refractivity contribution in [2.24, 2.45) is 0 Å². The fraction of sp³-hybridized carbons (Fsp3) is 0.667. The van der Waals surface area contributed by atoms with Crippen molar-refractivity contribution >= 4 is 10.0 Å². The molecule has 118 valence electrons. The lowest BCUT2D eigenvalue weighted by Crippen LogP contribution is -2.32. The highest BCUT2D eigenvalue weighted by Gasteiger charge is 2.35. The lowest BCUT2D eigenvalue weighted by Gasteiger charge is -2.23. The van der Waals surface area contributed by atoms with Crippen molar-refractivity contribution in [1.29, 1.82) is 0 Å². The van der Waals surface area contributed by atoms with Crippen LogP contribution in [-0.2, 0) is 16.6 Å². The molecule has 2 heterocycles. The van der Waals surface area contributed by atoms with Crippen LogP contribution in [0.1, 0.15) is 43.5 Å². The van der Waals surface area contributed by atoms with E-state index in [9.17, 15) is 8.42 Å². The van der Waals surface area contributed by atoms with Crippen LogP contribution in [0.25, 0.3) is 0 Å². The molecule has 21 heavy (non-hydrogen) atoms.